The lowest BCUT2D eigenvalue weighted by Crippen LogP contribution is -2.25. The second-order valence-corrected chi connectivity index (χ2v) is 4.93. The number of nitrogens with one attached hydrogen (secondary N) is 1. The van der Waals surface area contributed by atoms with E-state index in [-0.39, 0.29) is 12.5 Å². The van der Waals surface area contributed by atoms with Crippen molar-refractivity contribution in [1.82, 2.24) is 5.43 Å². The van der Waals surface area contributed by atoms with Crippen LogP contribution in [0.1, 0.15) is 12.5 Å². The molecule has 0 heterocycles. The fourth-order valence-electron chi connectivity index (χ4n) is 1.91. The number of nitrogens with zero attached hydrogens (tertiary/aromatic N) is 1. The number of hydrazone groups is 1. The molecule has 0 spiro atoms. The molecule has 0 atom stereocenters. The SMILES string of the molecule is COc1ccc(OCC(=O)N/N=C(/C)c2cccc(OC)c2)cc1. The minimum Gasteiger partial charge on any atom is -0.497 e. The van der Waals surface area contributed by atoms with Crippen molar-refractivity contribution in [2.45, 2.75) is 6.92 Å². The van der Waals surface area contributed by atoms with Crippen molar-refractivity contribution in [1.29, 1.82) is 0 Å². The Labute approximate surface area is 141 Å². The number of ether oxygens (including phenoxy) is 3. The minimum atomic E-state index is -0.340. The molecule has 1 amide bonds. The highest BCUT2D eigenvalue weighted by atomic mass is 16.5. The number of benzene rings is 2. The molecule has 1 N–H and O–H groups in total. The van der Waals surface area contributed by atoms with Crippen molar-refractivity contribution in [2.24, 2.45) is 5.10 Å². The van der Waals surface area contributed by atoms with Crippen molar-refractivity contribution in [3.05, 3.63) is 54.1 Å². The number of rotatable bonds is 7. The summed E-state index contributed by atoms with van der Waals surface area (Å²) in [5, 5.41) is 4.07. The van der Waals surface area contributed by atoms with Gasteiger partial charge in [0, 0.05) is 5.56 Å². The van der Waals surface area contributed by atoms with Gasteiger partial charge in [-0.1, -0.05) is 12.1 Å². The zero-order valence-electron chi connectivity index (χ0n) is 13.9. The van der Waals surface area contributed by atoms with Crippen LogP contribution in [0, 0.1) is 0 Å². The maximum Gasteiger partial charge on any atom is 0.277 e. The van der Waals surface area contributed by atoms with Gasteiger partial charge in [-0.05, 0) is 43.3 Å². The Balaban J connectivity index is 1.86. The fourth-order valence-corrected chi connectivity index (χ4v) is 1.91. The Morgan fingerprint density at radius 3 is 2.33 bits per heavy atom. The van der Waals surface area contributed by atoms with Crippen LogP contribution in [-0.2, 0) is 4.79 Å². The van der Waals surface area contributed by atoms with Gasteiger partial charge in [0.25, 0.3) is 5.91 Å². The van der Waals surface area contributed by atoms with Gasteiger partial charge in [0.1, 0.15) is 17.2 Å². The van der Waals surface area contributed by atoms with Crippen LogP contribution in [0.25, 0.3) is 0 Å². The van der Waals surface area contributed by atoms with Crippen molar-refractivity contribution >= 4 is 11.6 Å². The molecule has 0 aliphatic rings. The molecule has 6 nitrogen and oxygen atoms in total. The molecule has 0 aliphatic heterocycles. The first-order chi connectivity index (χ1) is 11.6. The third-order valence-corrected chi connectivity index (χ3v) is 3.27. The zero-order valence-corrected chi connectivity index (χ0v) is 13.9. The van der Waals surface area contributed by atoms with Gasteiger partial charge in [0.2, 0.25) is 0 Å². The highest BCUT2D eigenvalue weighted by molar-refractivity contribution is 5.99. The number of hydrogen-bond donors (Lipinski definition) is 1. The highest BCUT2D eigenvalue weighted by Crippen LogP contribution is 2.16. The van der Waals surface area contributed by atoms with E-state index in [0.717, 1.165) is 17.1 Å². The molecule has 0 saturated heterocycles. The molecule has 2 aromatic rings. The minimum absolute atomic E-state index is 0.124. The Bertz CT molecular complexity index is 711. The average Bonchev–Trinajstić information content (AvgIpc) is 2.64. The average molecular weight is 328 g/mol. The molecule has 0 radical (unpaired) electrons. The summed E-state index contributed by atoms with van der Waals surface area (Å²) < 4.78 is 15.6. The van der Waals surface area contributed by atoms with Crippen molar-refractivity contribution in [2.75, 3.05) is 20.8 Å². The lowest BCUT2D eigenvalue weighted by Gasteiger charge is -2.07. The van der Waals surface area contributed by atoms with Gasteiger partial charge in [-0.2, -0.15) is 5.10 Å². The van der Waals surface area contributed by atoms with Crippen LogP contribution in [0.3, 0.4) is 0 Å². The van der Waals surface area contributed by atoms with Crippen LogP contribution in [0.5, 0.6) is 17.2 Å². The van der Waals surface area contributed by atoms with E-state index < -0.39 is 0 Å². The third kappa shape index (κ3) is 5.01. The monoisotopic (exact) mass is 328 g/mol. The summed E-state index contributed by atoms with van der Waals surface area (Å²) in [6.07, 6.45) is 0. The van der Waals surface area contributed by atoms with Gasteiger partial charge in [-0.25, -0.2) is 5.43 Å². The Hall–Kier alpha value is -3.02. The van der Waals surface area contributed by atoms with Crippen molar-refractivity contribution < 1.29 is 19.0 Å². The second-order valence-electron chi connectivity index (χ2n) is 4.93. The summed E-state index contributed by atoms with van der Waals surface area (Å²) in [7, 11) is 3.19. The molecule has 0 fully saturated rings. The van der Waals surface area contributed by atoms with Crippen LogP contribution in [0.15, 0.2) is 53.6 Å². The molecule has 126 valence electrons. The fraction of sp³-hybridized carbons (Fsp3) is 0.222. The molecule has 24 heavy (non-hydrogen) atoms. The number of carbonyl (C=O) groups is 1. The smallest absolute Gasteiger partial charge is 0.277 e. The number of hydrogen-bond acceptors (Lipinski definition) is 5. The summed E-state index contributed by atoms with van der Waals surface area (Å²) in [4.78, 5) is 11.8. The molecule has 0 unspecified atom stereocenters. The molecule has 0 saturated carbocycles. The van der Waals surface area contributed by atoms with E-state index in [1.807, 2.05) is 24.3 Å². The van der Waals surface area contributed by atoms with Gasteiger partial charge < -0.3 is 14.2 Å². The maximum atomic E-state index is 11.8. The van der Waals surface area contributed by atoms with E-state index in [1.165, 1.54) is 0 Å². The van der Waals surface area contributed by atoms with Crippen LogP contribution < -0.4 is 19.6 Å². The van der Waals surface area contributed by atoms with E-state index in [0.29, 0.717) is 11.5 Å². The van der Waals surface area contributed by atoms with Gasteiger partial charge in [0.15, 0.2) is 6.61 Å². The third-order valence-electron chi connectivity index (χ3n) is 3.27. The normalized spacial score (nSPS) is 10.9. The number of amides is 1. The van der Waals surface area contributed by atoms with Crippen molar-refractivity contribution in [3.8, 4) is 17.2 Å². The summed E-state index contributed by atoms with van der Waals surface area (Å²) in [5.74, 6) is 1.70. The zero-order chi connectivity index (χ0) is 17.4. The summed E-state index contributed by atoms with van der Waals surface area (Å²) in [5.41, 5.74) is 4.01. The first-order valence-electron chi connectivity index (χ1n) is 7.37. The van der Waals surface area contributed by atoms with Crippen LogP contribution in [-0.4, -0.2) is 32.4 Å². The van der Waals surface area contributed by atoms with Gasteiger partial charge >= 0.3 is 0 Å². The van der Waals surface area contributed by atoms with E-state index in [2.05, 4.69) is 10.5 Å². The first-order valence-corrected chi connectivity index (χ1v) is 7.37. The number of carbonyl (C=O) groups excluding carboxylic acids is 1. The van der Waals surface area contributed by atoms with Gasteiger partial charge in [-0.3, -0.25) is 4.79 Å². The van der Waals surface area contributed by atoms with E-state index in [4.69, 9.17) is 14.2 Å². The lowest BCUT2D eigenvalue weighted by molar-refractivity contribution is -0.123. The molecular weight excluding hydrogens is 308 g/mol. The van der Waals surface area contributed by atoms with Crippen molar-refractivity contribution in [3.63, 3.8) is 0 Å². The first kappa shape index (κ1) is 17.3. The van der Waals surface area contributed by atoms with Crippen LogP contribution in [0.4, 0.5) is 0 Å². The van der Waals surface area contributed by atoms with E-state index >= 15 is 0 Å². The molecule has 2 aromatic carbocycles. The standard InChI is InChI=1S/C18H20N2O4/c1-13(14-5-4-6-17(11-14)23-3)19-20-18(21)12-24-16-9-7-15(22-2)8-10-16/h4-11H,12H2,1-3H3,(H,20,21)/b19-13-. The highest BCUT2D eigenvalue weighted by Gasteiger charge is 2.04. The number of methoxy groups -OCH3 is 2. The van der Waals surface area contributed by atoms with Crippen LogP contribution >= 0.6 is 0 Å². The molecule has 6 heteroatoms. The molecule has 0 aromatic heterocycles. The van der Waals surface area contributed by atoms with Crippen LogP contribution in [0.2, 0.25) is 0 Å². The second kappa shape index (κ2) is 8.57. The van der Waals surface area contributed by atoms with Gasteiger partial charge in [-0.15, -0.1) is 0 Å². The maximum absolute atomic E-state index is 11.8. The molecule has 2 rings (SSSR count). The quantitative estimate of drug-likeness (QED) is 0.626. The van der Waals surface area contributed by atoms with E-state index in [9.17, 15) is 4.79 Å². The largest absolute Gasteiger partial charge is 0.497 e. The molecular formula is C18H20N2O4. The molecule has 0 bridgehead atoms. The van der Waals surface area contributed by atoms with E-state index in [1.54, 1.807) is 45.4 Å². The molecule has 0 aliphatic carbocycles. The Morgan fingerprint density at radius 1 is 1.00 bits per heavy atom. The Morgan fingerprint density at radius 2 is 1.67 bits per heavy atom. The predicted molar refractivity (Wildman–Crippen MR) is 91.8 cm³/mol. The summed E-state index contributed by atoms with van der Waals surface area (Å²) in [6, 6.07) is 14.4. The Kier molecular flexibility index (Phi) is 6.19. The predicted octanol–water partition coefficient (Wildman–Crippen LogP) is 2.62. The topological polar surface area (TPSA) is 69.2 Å². The lowest BCUT2D eigenvalue weighted by atomic mass is 10.1. The summed E-state index contributed by atoms with van der Waals surface area (Å²) in [6.45, 7) is 1.68. The van der Waals surface area contributed by atoms with Gasteiger partial charge in [0.05, 0.1) is 19.9 Å². The summed E-state index contributed by atoms with van der Waals surface area (Å²) >= 11 is 0.